The summed E-state index contributed by atoms with van der Waals surface area (Å²) in [7, 11) is -2.86. The fraction of sp³-hybridized carbons (Fsp3) is 0.417. The Labute approximate surface area is 284 Å². The molecule has 2 atom stereocenters. The molecule has 0 spiro atoms. The number of benzene rings is 3. The van der Waals surface area contributed by atoms with Gasteiger partial charge < -0.3 is 19.8 Å². The SMILES string of the molecule is CCCCCCNC(=O)N(CCc1ccc2sc(C(O)CCP3(=O)NCCO3)cc2c1)Cc1ccc(-c2ccccc2C(F)(F)F)cc1. The number of unbranched alkanes of at least 4 members (excludes halogenated alkanes) is 3. The number of hydrogen-bond donors (Lipinski definition) is 3. The molecule has 0 aliphatic carbocycles. The van der Waals surface area contributed by atoms with Gasteiger partial charge in [-0.3, -0.25) is 4.57 Å². The first kappa shape index (κ1) is 36.1. The molecule has 0 bridgehead atoms. The number of urea groups is 1. The number of thiophene rings is 1. The van der Waals surface area contributed by atoms with E-state index in [1.54, 1.807) is 35.2 Å². The monoisotopic (exact) mass is 701 g/mol. The van der Waals surface area contributed by atoms with E-state index >= 15 is 0 Å². The molecule has 0 radical (unpaired) electrons. The number of amides is 2. The molecule has 1 aliphatic heterocycles. The van der Waals surface area contributed by atoms with Crippen LogP contribution in [0.3, 0.4) is 0 Å². The van der Waals surface area contributed by atoms with Gasteiger partial charge in [-0.1, -0.05) is 80.8 Å². The standard InChI is InChI=1S/C36H43F3N3O4PS/c1-2-3-4-7-18-40-35(44)42(25-27-10-13-28(14-11-27)30-8-5-6-9-31(30)36(37,38)39)20-16-26-12-15-33-29(23-26)24-34(48-33)32(43)17-22-47(45)41-19-21-46-47/h5-6,8-15,23-24,32,43H,2-4,7,16-22,25H2,1H3,(H,40,44)(H,41,45). The molecular weight excluding hydrogens is 658 g/mol. The quantitative estimate of drug-likeness (QED) is 0.0850. The van der Waals surface area contributed by atoms with E-state index in [1.165, 1.54) is 23.5 Å². The lowest BCUT2D eigenvalue weighted by Gasteiger charge is -2.24. The molecule has 48 heavy (non-hydrogen) atoms. The molecule has 1 fully saturated rings. The van der Waals surface area contributed by atoms with Crippen LogP contribution in [0.25, 0.3) is 21.2 Å². The average molecular weight is 702 g/mol. The highest BCUT2D eigenvalue weighted by molar-refractivity contribution is 7.57. The van der Waals surface area contributed by atoms with Crippen LogP contribution < -0.4 is 10.4 Å². The third-order valence-electron chi connectivity index (χ3n) is 8.51. The number of nitrogens with one attached hydrogen (secondary N) is 2. The van der Waals surface area contributed by atoms with E-state index in [2.05, 4.69) is 23.4 Å². The predicted molar refractivity (Wildman–Crippen MR) is 186 cm³/mol. The van der Waals surface area contributed by atoms with E-state index in [0.717, 1.165) is 57.8 Å². The minimum Gasteiger partial charge on any atom is -0.388 e. The van der Waals surface area contributed by atoms with Crippen molar-refractivity contribution in [1.29, 1.82) is 0 Å². The molecule has 1 saturated heterocycles. The van der Waals surface area contributed by atoms with Crippen molar-refractivity contribution < 1.29 is 32.2 Å². The van der Waals surface area contributed by atoms with Gasteiger partial charge in [-0.25, -0.2) is 9.88 Å². The van der Waals surface area contributed by atoms with Crippen LogP contribution in [-0.4, -0.2) is 48.4 Å². The summed E-state index contributed by atoms with van der Waals surface area (Å²) in [5.41, 5.74) is 1.75. The van der Waals surface area contributed by atoms with Crippen LogP contribution in [0.5, 0.6) is 0 Å². The van der Waals surface area contributed by atoms with Crippen LogP contribution in [0.1, 0.15) is 66.7 Å². The number of aliphatic hydroxyl groups excluding tert-OH is 1. The van der Waals surface area contributed by atoms with Crippen LogP contribution in [0, 0.1) is 0 Å². The van der Waals surface area contributed by atoms with Gasteiger partial charge in [0, 0.05) is 41.9 Å². The number of rotatable bonds is 15. The lowest BCUT2D eigenvalue weighted by atomic mass is 9.98. The number of fused-ring (bicyclic) bond motifs is 1. The number of hydrogen-bond acceptors (Lipinski definition) is 5. The van der Waals surface area contributed by atoms with E-state index in [-0.39, 0.29) is 17.8 Å². The maximum Gasteiger partial charge on any atom is 0.417 e. The van der Waals surface area contributed by atoms with Gasteiger partial charge in [-0.05, 0) is 65.1 Å². The van der Waals surface area contributed by atoms with Gasteiger partial charge in [-0.15, -0.1) is 11.3 Å². The topological polar surface area (TPSA) is 90.9 Å². The van der Waals surface area contributed by atoms with Gasteiger partial charge in [0.05, 0.1) is 18.3 Å². The van der Waals surface area contributed by atoms with Crippen molar-refractivity contribution in [1.82, 2.24) is 15.3 Å². The Morgan fingerprint density at radius 1 is 1.06 bits per heavy atom. The van der Waals surface area contributed by atoms with Crippen molar-refractivity contribution >= 4 is 35.0 Å². The Balaban J connectivity index is 1.26. The summed E-state index contributed by atoms with van der Waals surface area (Å²) < 4.78 is 59.8. The predicted octanol–water partition coefficient (Wildman–Crippen LogP) is 9.16. The molecular formula is C36H43F3N3O4PS. The van der Waals surface area contributed by atoms with Crippen LogP contribution in [0.15, 0.2) is 72.8 Å². The van der Waals surface area contributed by atoms with Gasteiger partial charge in [0.15, 0.2) is 0 Å². The Hall–Kier alpha value is -3.21. The second-order valence-electron chi connectivity index (χ2n) is 12.2. The number of alkyl halides is 3. The summed E-state index contributed by atoms with van der Waals surface area (Å²) in [6, 6.07) is 20.3. The summed E-state index contributed by atoms with van der Waals surface area (Å²) in [5.74, 6) is 0. The van der Waals surface area contributed by atoms with Gasteiger partial charge in [-0.2, -0.15) is 13.2 Å². The first-order valence-corrected chi connectivity index (χ1v) is 19.1. The Kier molecular flexibility index (Phi) is 12.4. The molecule has 2 amide bonds. The minimum atomic E-state index is -4.46. The molecule has 5 rings (SSSR count). The van der Waals surface area contributed by atoms with E-state index in [1.807, 2.05) is 18.2 Å². The van der Waals surface area contributed by atoms with Crippen LogP contribution >= 0.6 is 18.9 Å². The summed E-state index contributed by atoms with van der Waals surface area (Å²) in [6.45, 7) is 4.44. The Morgan fingerprint density at radius 2 is 1.83 bits per heavy atom. The number of aliphatic hydroxyl groups is 1. The Bertz CT molecular complexity index is 1700. The third-order valence-corrected chi connectivity index (χ3v) is 11.9. The number of carbonyl (C=O) groups is 1. The fourth-order valence-electron chi connectivity index (χ4n) is 5.83. The largest absolute Gasteiger partial charge is 0.417 e. The fourth-order valence-corrected chi connectivity index (χ4v) is 8.68. The molecule has 12 heteroatoms. The van der Waals surface area contributed by atoms with Gasteiger partial charge in [0.1, 0.15) is 0 Å². The molecule has 0 saturated carbocycles. The van der Waals surface area contributed by atoms with E-state index in [4.69, 9.17) is 4.52 Å². The maximum atomic E-state index is 13.6. The summed E-state index contributed by atoms with van der Waals surface area (Å²) in [5, 5.41) is 17.7. The molecule has 4 aromatic rings. The smallest absolute Gasteiger partial charge is 0.388 e. The maximum absolute atomic E-state index is 13.6. The summed E-state index contributed by atoms with van der Waals surface area (Å²) >= 11 is 1.50. The molecule has 2 heterocycles. The van der Waals surface area contributed by atoms with Crippen molar-refractivity contribution in [2.24, 2.45) is 0 Å². The summed E-state index contributed by atoms with van der Waals surface area (Å²) in [4.78, 5) is 15.9. The van der Waals surface area contributed by atoms with Gasteiger partial charge in [0.25, 0.3) is 7.52 Å². The lowest BCUT2D eigenvalue weighted by Crippen LogP contribution is -2.41. The van der Waals surface area contributed by atoms with Crippen molar-refractivity contribution in [3.05, 3.63) is 94.4 Å². The first-order chi connectivity index (χ1) is 23.0. The highest BCUT2D eigenvalue weighted by Crippen LogP contribution is 2.47. The van der Waals surface area contributed by atoms with Gasteiger partial charge >= 0.3 is 12.2 Å². The minimum absolute atomic E-state index is 0.119. The Morgan fingerprint density at radius 3 is 2.56 bits per heavy atom. The highest BCUT2D eigenvalue weighted by Gasteiger charge is 2.33. The highest BCUT2D eigenvalue weighted by atomic mass is 32.1. The second-order valence-corrected chi connectivity index (χ2v) is 15.7. The molecule has 1 aliphatic rings. The second kappa shape index (κ2) is 16.5. The molecule has 258 valence electrons. The van der Waals surface area contributed by atoms with Crippen LogP contribution in [0.4, 0.5) is 18.0 Å². The van der Waals surface area contributed by atoms with Crippen molar-refractivity contribution in [3.8, 4) is 11.1 Å². The molecule has 7 nitrogen and oxygen atoms in total. The van der Waals surface area contributed by atoms with Gasteiger partial charge in [0.2, 0.25) is 0 Å². The van der Waals surface area contributed by atoms with Crippen molar-refractivity contribution in [2.75, 3.05) is 32.4 Å². The number of carbonyl (C=O) groups excluding carboxylic acids is 1. The van der Waals surface area contributed by atoms with Crippen LogP contribution in [-0.2, 0) is 28.2 Å². The normalized spacial score (nSPS) is 17.1. The third kappa shape index (κ3) is 9.70. The van der Waals surface area contributed by atoms with Crippen molar-refractivity contribution in [3.63, 3.8) is 0 Å². The van der Waals surface area contributed by atoms with Crippen molar-refractivity contribution in [2.45, 2.75) is 64.3 Å². The summed E-state index contributed by atoms with van der Waals surface area (Å²) in [6.07, 6.45) is 0.147. The number of halogens is 3. The molecule has 1 aromatic heterocycles. The average Bonchev–Trinajstić information content (AvgIpc) is 3.71. The first-order valence-electron chi connectivity index (χ1n) is 16.5. The zero-order valence-corrected chi connectivity index (χ0v) is 28.8. The van der Waals surface area contributed by atoms with E-state index in [0.29, 0.717) is 51.2 Å². The van der Waals surface area contributed by atoms with E-state index in [9.17, 15) is 27.6 Å². The zero-order chi connectivity index (χ0) is 34.1. The molecule has 3 aromatic carbocycles. The van der Waals surface area contributed by atoms with Crippen LogP contribution in [0.2, 0.25) is 0 Å². The zero-order valence-electron chi connectivity index (χ0n) is 27.1. The number of nitrogens with zero attached hydrogens (tertiary/aromatic N) is 1. The lowest BCUT2D eigenvalue weighted by molar-refractivity contribution is -0.137. The van der Waals surface area contributed by atoms with E-state index < -0.39 is 25.4 Å². The molecule has 2 unspecified atom stereocenters. The molecule has 3 N–H and O–H groups in total.